The van der Waals surface area contributed by atoms with Crippen LogP contribution in [-0.4, -0.2) is 19.8 Å². The monoisotopic (exact) mass is 434 g/mol. The Bertz CT molecular complexity index is 1350. The van der Waals surface area contributed by atoms with Gasteiger partial charge >= 0.3 is 0 Å². The minimum Gasteiger partial charge on any atom is -0.502 e. The van der Waals surface area contributed by atoms with Gasteiger partial charge in [0.2, 0.25) is 11.2 Å². The van der Waals surface area contributed by atoms with Crippen molar-refractivity contribution in [2.75, 3.05) is 6.26 Å². The second kappa shape index (κ2) is 9.71. The van der Waals surface area contributed by atoms with Crippen LogP contribution in [0.15, 0.2) is 69.9 Å². The van der Waals surface area contributed by atoms with Gasteiger partial charge in [0.25, 0.3) is 0 Å². The Kier molecular flexibility index (Phi) is 6.81. The van der Waals surface area contributed by atoms with Crippen LogP contribution in [0.3, 0.4) is 0 Å². The van der Waals surface area contributed by atoms with E-state index < -0.39 is 26.8 Å². The zero-order valence-electron chi connectivity index (χ0n) is 16.6. The maximum atomic E-state index is 11.8. The molecule has 3 aromatic rings. The zero-order valence-corrected chi connectivity index (χ0v) is 17.4. The van der Waals surface area contributed by atoms with E-state index >= 15 is 0 Å². The largest absolute Gasteiger partial charge is 0.502 e. The van der Waals surface area contributed by atoms with Gasteiger partial charge in [0, 0.05) is 23.4 Å². The second-order valence-electron chi connectivity index (χ2n) is 6.60. The van der Waals surface area contributed by atoms with Crippen LogP contribution in [0.25, 0.3) is 0 Å². The molecule has 7 heteroatoms. The number of ether oxygens (including phenoxy) is 1. The summed E-state index contributed by atoms with van der Waals surface area (Å²) in [5.41, 5.74) is 0.890. The van der Waals surface area contributed by atoms with Gasteiger partial charge in [-0.25, -0.2) is 8.42 Å². The number of sulfone groups is 1. The first-order chi connectivity index (χ1) is 14.8. The lowest BCUT2D eigenvalue weighted by Crippen LogP contribution is -2.10. The Labute approximate surface area is 180 Å². The van der Waals surface area contributed by atoms with Crippen LogP contribution in [0.1, 0.15) is 22.6 Å². The maximum absolute atomic E-state index is 11.8. The van der Waals surface area contributed by atoms with Crippen molar-refractivity contribution < 1.29 is 22.7 Å². The lowest BCUT2D eigenvalue weighted by molar-refractivity contribution is 0.249. The van der Waals surface area contributed by atoms with E-state index in [0.717, 1.165) is 23.4 Å². The van der Waals surface area contributed by atoms with Crippen LogP contribution in [0.5, 0.6) is 11.5 Å². The van der Waals surface area contributed by atoms with Crippen molar-refractivity contribution in [3.8, 4) is 35.2 Å². The van der Waals surface area contributed by atoms with E-state index in [1.54, 1.807) is 24.3 Å². The molecule has 6 nitrogen and oxygen atoms in total. The SMILES string of the molecule is CS(=O)(=O)Cc1cc(=O)c(O)c(COc2ccc(C#CC#Cc3ccccc3)cc2)o1. The predicted molar refractivity (Wildman–Crippen MR) is 116 cm³/mol. The lowest BCUT2D eigenvalue weighted by atomic mass is 10.2. The second-order valence-corrected chi connectivity index (χ2v) is 8.74. The Morgan fingerprint density at radius 3 is 2.19 bits per heavy atom. The van der Waals surface area contributed by atoms with Gasteiger partial charge in [0.05, 0.1) is 0 Å². The van der Waals surface area contributed by atoms with Gasteiger partial charge in [0.15, 0.2) is 15.6 Å². The summed E-state index contributed by atoms with van der Waals surface area (Å²) in [6, 6.07) is 17.3. The van der Waals surface area contributed by atoms with Crippen LogP contribution in [0.2, 0.25) is 0 Å². The summed E-state index contributed by atoms with van der Waals surface area (Å²) in [6.45, 7) is -0.244. The highest BCUT2D eigenvalue weighted by atomic mass is 32.2. The molecule has 0 fully saturated rings. The molecule has 1 N–H and O–H groups in total. The Hall–Kier alpha value is -3.94. The first-order valence-electron chi connectivity index (χ1n) is 9.13. The normalized spacial score (nSPS) is 10.4. The Morgan fingerprint density at radius 1 is 0.968 bits per heavy atom. The fraction of sp³-hybridized carbons (Fsp3) is 0.125. The molecule has 1 heterocycles. The molecule has 0 unspecified atom stereocenters. The molecule has 0 radical (unpaired) electrons. The summed E-state index contributed by atoms with van der Waals surface area (Å²) in [7, 11) is -3.40. The fourth-order valence-corrected chi connectivity index (χ4v) is 3.19. The van der Waals surface area contributed by atoms with Crippen molar-refractivity contribution in [1.82, 2.24) is 0 Å². The number of hydrogen-bond donors (Lipinski definition) is 1. The lowest BCUT2D eigenvalue weighted by Gasteiger charge is -2.08. The molecule has 2 aromatic carbocycles. The summed E-state index contributed by atoms with van der Waals surface area (Å²) in [6.07, 6.45) is 1.02. The first kappa shape index (κ1) is 21.8. The van der Waals surface area contributed by atoms with E-state index in [1.165, 1.54) is 0 Å². The third-order valence-corrected chi connectivity index (χ3v) is 4.73. The smallest absolute Gasteiger partial charge is 0.227 e. The van der Waals surface area contributed by atoms with Crippen molar-refractivity contribution in [2.45, 2.75) is 12.4 Å². The Balaban J connectivity index is 1.66. The van der Waals surface area contributed by atoms with E-state index in [9.17, 15) is 18.3 Å². The molecule has 1 aromatic heterocycles. The first-order valence-corrected chi connectivity index (χ1v) is 11.2. The van der Waals surface area contributed by atoms with Crippen LogP contribution in [-0.2, 0) is 22.2 Å². The molecule has 0 aliphatic heterocycles. The highest BCUT2D eigenvalue weighted by molar-refractivity contribution is 7.89. The van der Waals surface area contributed by atoms with Gasteiger partial charge in [-0.2, -0.15) is 0 Å². The van der Waals surface area contributed by atoms with E-state index in [4.69, 9.17) is 9.15 Å². The van der Waals surface area contributed by atoms with E-state index in [2.05, 4.69) is 23.7 Å². The van der Waals surface area contributed by atoms with Crippen molar-refractivity contribution >= 4 is 9.84 Å². The van der Waals surface area contributed by atoms with Gasteiger partial charge < -0.3 is 14.3 Å². The minimum atomic E-state index is -3.40. The summed E-state index contributed by atoms with van der Waals surface area (Å²) < 4.78 is 33.7. The highest BCUT2D eigenvalue weighted by Gasteiger charge is 2.15. The third kappa shape index (κ3) is 6.81. The van der Waals surface area contributed by atoms with Crippen LogP contribution < -0.4 is 10.2 Å². The fourth-order valence-electron chi connectivity index (χ4n) is 2.53. The summed E-state index contributed by atoms with van der Waals surface area (Å²) in [5.74, 6) is 10.6. The topological polar surface area (TPSA) is 93.8 Å². The standard InChI is InChI=1S/C24H18O6S/c1-31(27,28)17-21-15-22(25)24(26)23(30-21)16-29-20-13-11-19(12-14-20)10-6-5-9-18-7-3-2-4-8-18/h2-4,7-8,11-15,26H,16-17H2,1H3. The van der Waals surface area contributed by atoms with Crippen molar-refractivity contribution in [3.63, 3.8) is 0 Å². The Morgan fingerprint density at radius 2 is 1.58 bits per heavy atom. The quantitative estimate of drug-likeness (QED) is 0.621. The van der Waals surface area contributed by atoms with Crippen molar-refractivity contribution in [3.05, 3.63) is 93.5 Å². The molecule has 31 heavy (non-hydrogen) atoms. The molecule has 3 rings (SSSR count). The van der Waals surface area contributed by atoms with Gasteiger partial charge in [0.1, 0.15) is 23.9 Å². The van der Waals surface area contributed by atoms with Gasteiger partial charge in [-0.05, 0) is 48.2 Å². The summed E-state index contributed by atoms with van der Waals surface area (Å²) >= 11 is 0. The zero-order chi connectivity index (χ0) is 22.3. The van der Waals surface area contributed by atoms with Crippen molar-refractivity contribution in [1.29, 1.82) is 0 Å². The average Bonchev–Trinajstić information content (AvgIpc) is 2.73. The van der Waals surface area contributed by atoms with E-state index in [1.807, 2.05) is 30.3 Å². The molecule has 0 aliphatic carbocycles. The van der Waals surface area contributed by atoms with E-state index in [0.29, 0.717) is 5.75 Å². The molecule has 0 atom stereocenters. The predicted octanol–water partition coefficient (Wildman–Crippen LogP) is 2.87. The van der Waals surface area contributed by atoms with Gasteiger partial charge in [-0.3, -0.25) is 4.79 Å². The number of hydrogen-bond acceptors (Lipinski definition) is 6. The molecule has 156 valence electrons. The number of aromatic hydroxyl groups is 1. The molecular weight excluding hydrogens is 416 g/mol. The molecular formula is C24H18O6S. The third-order valence-electron chi connectivity index (χ3n) is 3.92. The molecule has 0 amide bonds. The summed E-state index contributed by atoms with van der Waals surface area (Å²) in [4.78, 5) is 11.8. The molecule has 0 saturated carbocycles. The van der Waals surface area contributed by atoms with Crippen molar-refractivity contribution in [2.24, 2.45) is 0 Å². The van der Waals surface area contributed by atoms with Gasteiger partial charge in [-0.1, -0.05) is 30.0 Å². The molecule has 0 saturated heterocycles. The summed E-state index contributed by atoms with van der Waals surface area (Å²) in [5, 5.41) is 9.88. The van der Waals surface area contributed by atoms with E-state index in [-0.39, 0.29) is 18.1 Å². The minimum absolute atomic E-state index is 0.0638. The van der Waals surface area contributed by atoms with Crippen LogP contribution >= 0.6 is 0 Å². The molecule has 0 aliphatic rings. The van der Waals surface area contributed by atoms with Crippen LogP contribution in [0.4, 0.5) is 0 Å². The average molecular weight is 434 g/mol. The maximum Gasteiger partial charge on any atom is 0.227 e. The number of rotatable bonds is 5. The molecule has 0 bridgehead atoms. The van der Waals surface area contributed by atoms with Gasteiger partial charge in [-0.15, -0.1) is 0 Å². The molecule has 0 spiro atoms. The van der Waals surface area contributed by atoms with Crippen LogP contribution in [0, 0.1) is 23.7 Å². The highest BCUT2D eigenvalue weighted by Crippen LogP contribution is 2.19. The number of benzene rings is 2.